The Morgan fingerprint density at radius 3 is 2.88 bits per heavy atom. The molecule has 2 aliphatic heterocycles. The quantitative estimate of drug-likeness (QED) is 0.644. The molecule has 0 radical (unpaired) electrons. The fraction of sp³-hybridized carbons (Fsp3) is 0.286. The first kappa shape index (κ1) is 20.3. The number of hydrogen-bond acceptors (Lipinski definition) is 8. The highest BCUT2D eigenvalue weighted by Crippen LogP contribution is 2.39. The third-order valence-corrected chi connectivity index (χ3v) is 6.73. The average molecular weight is 452 g/mol. The molecule has 0 aliphatic carbocycles. The number of fused-ring (bicyclic) bond motifs is 4. The van der Waals surface area contributed by atoms with Crippen molar-refractivity contribution < 1.29 is 13.2 Å². The summed E-state index contributed by atoms with van der Waals surface area (Å²) in [4.78, 5) is 26.1. The summed E-state index contributed by atoms with van der Waals surface area (Å²) in [5, 5.41) is 10.6. The summed E-state index contributed by atoms with van der Waals surface area (Å²) in [6.07, 6.45) is 7.39. The molecular formula is C21H21N7O3S. The third-order valence-electron chi connectivity index (χ3n) is 5.65. The topological polar surface area (TPSA) is 121 Å². The number of aromatic nitrogens is 4. The van der Waals surface area contributed by atoms with Crippen molar-refractivity contribution in [2.45, 2.75) is 23.8 Å². The minimum Gasteiger partial charge on any atom is -0.366 e. The van der Waals surface area contributed by atoms with Crippen LogP contribution >= 0.6 is 0 Å². The lowest BCUT2D eigenvalue weighted by atomic mass is 9.99. The van der Waals surface area contributed by atoms with Crippen LogP contribution in [0, 0.1) is 0 Å². The first-order valence-corrected chi connectivity index (χ1v) is 12.1. The Morgan fingerprint density at radius 1 is 1.22 bits per heavy atom. The zero-order valence-corrected chi connectivity index (χ0v) is 18.2. The second kappa shape index (κ2) is 7.83. The summed E-state index contributed by atoms with van der Waals surface area (Å²) in [6.45, 7) is 1.63. The zero-order chi connectivity index (χ0) is 22.3. The first-order chi connectivity index (χ1) is 15.4. The molecule has 1 N–H and O–H groups in total. The van der Waals surface area contributed by atoms with Crippen LogP contribution in [-0.2, 0) is 9.84 Å². The standard InChI is InChI=1S/C21H21N7O3S/c1-32(30,31)16-10-14(11-22-12-16)17-6-7-18-20(24-17)28(15-4-3-9-27(18)13-15)21(29)25-19-5-2-8-23-26-19/h2,5-8,10-12,15H,3-4,9,13H2,1H3,(H,25,26,29)/t15-/m0/s1. The predicted octanol–water partition coefficient (Wildman–Crippen LogP) is 2.36. The molecule has 1 saturated heterocycles. The lowest BCUT2D eigenvalue weighted by Crippen LogP contribution is -2.56. The molecular weight excluding hydrogens is 430 g/mol. The van der Waals surface area contributed by atoms with E-state index in [1.807, 2.05) is 12.1 Å². The van der Waals surface area contributed by atoms with Crippen molar-refractivity contribution in [3.63, 3.8) is 0 Å². The molecule has 3 aromatic rings. The zero-order valence-electron chi connectivity index (χ0n) is 17.3. The van der Waals surface area contributed by atoms with Crippen molar-refractivity contribution in [3.05, 3.63) is 48.9 Å². The van der Waals surface area contributed by atoms with E-state index in [0.29, 0.717) is 22.9 Å². The Balaban J connectivity index is 1.57. The second-order valence-electron chi connectivity index (χ2n) is 7.87. The molecule has 3 aromatic heterocycles. The maximum absolute atomic E-state index is 13.3. The van der Waals surface area contributed by atoms with Gasteiger partial charge in [-0.15, -0.1) is 5.10 Å². The average Bonchev–Trinajstić information content (AvgIpc) is 2.79. The van der Waals surface area contributed by atoms with Crippen LogP contribution in [-0.4, -0.2) is 60.0 Å². The number of piperidine rings is 1. The van der Waals surface area contributed by atoms with Gasteiger partial charge in [-0.05, 0) is 43.2 Å². The van der Waals surface area contributed by atoms with Crippen LogP contribution in [0.25, 0.3) is 11.3 Å². The number of anilines is 3. The van der Waals surface area contributed by atoms with Gasteiger partial charge in [0, 0.05) is 43.5 Å². The molecule has 2 aliphatic rings. The van der Waals surface area contributed by atoms with E-state index >= 15 is 0 Å². The van der Waals surface area contributed by atoms with E-state index in [-0.39, 0.29) is 17.0 Å². The summed E-state index contributed by atoms with van der Waals surface area (Å²) < 4.78 is 23.9. The first-order valence-electron chi connectivity index (χ1n) is 10.2. The van der Waals surface area contributed by atoms with E-state index in [1.165, 1.54) is 12.4 Å². The van der Waals surface area contributed by atoms with Gasteiger partial charge in [0.1, 0.15) is 0 Å². The van der Waals surface area contributed by atoms with Crippen molar-refractivity contribution in [3.8, 4) is 11.3 Å². The number of carbonyl (C=O) groups is 1. The molecule has 1 atom stereocenters. The number of amides is 2. The Labute approximate surface area is 185 Å². The van der Waals surface area contributed by atoms with E-state index < -0.39 is 9.84 Å². The van der Waals surface area contributed by atoms with E-state index in [9.17, 15) is 13.2 Å². The molecule has 0 unspecified atom stereocenters. The summed E-state index contributed by atoms with van der Waals surface area (Å²) >= 11 is 0. The Morgan fingerprint density at radius 2 is 2.09 bits per heavy atom. The number of sulfone groups is 1. The van der Waals surface area contributed by atoms with E-state index in [2.05, 4.69) is 25.4 Å². The van der Waals surface area contributed by atoms with Crippen molar-refractivity contribution in [1.82, 2.24) is 20.2 Å². The molecule has 5 rings (SSSR count). The highest BCUT2D eigenvalue weighted by Gasteiger charge is 2.38. The number of nitrogens with one attached hydrogen (secondary N) is 1. The van der Waals surface area contributed by atoms with Gasteiger partial charge in [0.15, 0.2) is 21.5 Å². The van der Waals surface area contributed by atoms with Gasteiger partial charge in [-0.3, -0.25) is 15.2 Å². The normalized spacial score (nSPS) is 17.6. The highest BCUT2D eigenvalue weighted by atomic mass is 32.2. The van der Waals surface area contributed by atoms with Gasteiger partial charge < -0.3 is 4.90 Å². The number of urea groups is 1. The van der Waals surface area contributed by atoms with E-state index in [0.717, 1.165) is 37.9 Å². The Kier molecular flexibility index (Phi) is 4.97. The minimum absolute atomic E-state index is 0.0313. The SMILES string of the molecule is CS(=O)(=O)c1cncc(-c2ccc3c(n2)N(C(=O)Nc2cccnn2)[C@H]2CCCN3C2)c1. The van der Waals surface area contributed by atoms with Crippen LogP contribution in [0.5, 0.6) is 0 Å². The molecule has 2 amide bonds. The lowest BCUT2D eigenvalue weighted by Gasteiger charge is -2.45. The van der Waals surface area contributed by atoms with Gasteiger partial charge in [-0.1, -0.05) is 0 Å². The van der Waals surface area contributed by atoms with Gasteiger partial charge in [-0.2, -0.15) is 5.10 Å². The fourth-order valence-corrected chi connectivity index (χ4v) is 4.74. The van der Waals surface area contributed by atoms with Crippen molar-refractivity contribution in [2.75, 3.05) is 34.5 Å². The summed E-state index contributed by atoms with van der Waals surface area (Å²) in [7, 11) is -3.41. The summed E-state index contributed by atoms with van der Waals surface area (Å²) in [6, 6.07) is 8.32. The predicted molar refractivity (Wildman–Crippen MR) is 119 cm³/mol. The van der Waals surface area contributed by atoms with Crippen LogP contribution in [0.1, 0.15) is 12.8 Å². The van der Waals surface area contributed by atoms with Crippen LogP contribution < -0.4 is 15.1 Å². The largest absolute Gasteiger partial charge is 0.366 e. The van der Waals surface area contributed by atoms with Crippen LogP contribution in [0.3, 0.4) is 0 Å². The molecule has 2 bridgehead atoms. The molecule has 5 heterocycles. The van der Waals surface area contributed by atoms with Crippen molar-refractivity contribution >= 4 is 33.2 Å². The summed E-state index contributed by atoms with van der Waals surface area (Å²) in [5.74, 6) is 0.892. The number of pyridine rings is 2. The van der Waals surface area contributed by atoms with Crippen LogP contribution in [0.2, 0.25) is 0 Å². The van der Waals surface area contributed by atoms with Gasteiger partial charge in [-0.25, -0.2) is 18.2 Å². The highest BCUT2D eigenvalue weighted by molar-refractivity contribution is 7.90. The third kappa shape index (κ3) is 3.75. The smallest absolute Gasteiger partial charge is 0.329 e. The van der Waals surface area contributed by atoms with E-state index in [1.54, 1.807) is 29.3 Å². The maximum atomic E-state index is 13.3. The second-order valence-corrected chi connectivity index (χ2v) is 9.89. The maximum Gasteiger partial charge on any atom is 0.329 e. The number of rotatable bonds is 3. The Hall–Kier alpha value is -3.60. The number of hydrogen-bond donors (Lipinski definition) is 1. The molecule has 0 saturated carbocycles. The Bertz CT molecular complexity index is 1280. The summed E-state index contributed by atoms with van der Waals surface area (Å²) in [5.41, 5.74) is 1.97. The van der Waals surface area contributed by atoms with Gasteiger partial charge >= 0.3 is 6.03 Å². The number of carbonyl (C=O) groups excluding carboxylic acids is 1. The van der Waals surface area contributed by atoms with Crippen molar-refractivity contribution in [1.29, 1.82) is 0 Å². The fourth-order valence-electron chi connectivity index (χ4n) is 4.14. The van der Waals surface area contributed by atoms with Crippen LogP contribution in [0.4, 0.5) is 22.1 Å². The van der Waals surface area contributed by atoms with Gasteiger partial charge in [0.05, 0.1) is 22.3 Å². The molecule has 0 aromatic carbocycles. The molecule has 11 heteroatoms. The van der Waals surface area contributed by atoms with Crippen LogP contribution in [0.15, 0.2) is 53.8 Å². The van der Waals surface area contributed by atoms with E-state index in [4.69, 9.17) is 4.98 Å². The van der Waals surface area contributed by atoms with Gasteiger partial charge in [0.25, 0.3) is 0 Å². The van der Waals surface area contributed by atoms with Crippen molar-refractivity contribution in [2.24, 2.45) is 0 Å². The monoisotopic (exact) mass is 451 g/mol. The molecule has 164 valence electrons. The molecule has 10 nitrogen and oxygen atoms in total. The van der Waals surface area contributed by atoms with Gasteiger partial charge in [0.2, 0.25) is 0 Å². The molecule has 0 spiro atoms. The minimum atomic E-state index is -3.41. The lowest BCUT2D eigenvalue weighted by molar-refractivity contribution is 0.252. The number of nitrogens with zero attached hydrogens (tertiary/aromatic N) is 6. The molecule has 1 fully saturated rings. The molecule has 32 heavy (non-hydrogen) atoms.